The van der Waals surface area contributed by atoms with Gasteiger partial charge in [0.1, 0.15) is 0 Å². The van der Waals surface area contributed by atoms with Crippen LogP contribution in [0.5, 0.6) is 0 Å². The van der Waals surface area contributed by atoms with Crippen molar-refractivity contribution in [1.82, 2.24) is 4.90 Å². The summed E-state index contributed by atoms with van der Waals surface area (Å²) in [5.41, 5.74) is 1.65. The van der Waals surface area contributed by atoms with Gasteiger partial charge in [0.25, 0.3) is 0 Å². The zero-order valence-electron chi connectivity index (χ0n) is 11.8. The first kappa shape index (κ1) is 16.5. The van der Waals surface area contributed by atoms with Crippen LogP contribution >= 0.6 is 0 Å². The Hall–Kier alpha value is -1.51. The number of carboxylic acids is 1. The highest BCUT2D eigenvalue weighted by atomic mass is 16.4. The van der Waals surface area contributed by atoms with E-state index in [1.807, 2.05) is 13.1 Å². The number of unbranched alkanes of at least 4 members (excludes halogenated alkanes) is 2. The monoisotopic (exact) mass is 251 g/mol. The highest BCUT2D eigenvalue weighted by Crippen LogP contribution is 2.06. The maximum Gasteiger partial charge on any atom is 0.330 e. The van der Waals surface area contributed by atoms with E-state index < -0.39 is 5.97 Å². The third-order valence-corrected chi connectivity index (χ3v) is 2.91. The number of nitrogens with zero attached hydrogens (tertiary/aromatic N) is 1. The molecule has 3 heteroatoms. The summed E-state index contributed by atoms with van der Waals surface area (Å²) in [6.45, 7) is 8.25. The molecule has 0 aromatic rings. The summed E-state index contributed by atoms with van der Waals surface area (Å²) >= 11 is 0. The second-order valence-electron chi connectivity index (χ2n) is 4.47. The van der Waals surface area contributed by atoms with Crippen molar-refractivity contribution in [3.63, 3.8) is 0 Å². The van der Waals surface area contributed by atoms with E-state index in [4.69, 9.17) is 5.11 Å². The van der Waals surface area contributed by atoms with Crippen LogP contribution in [0.4, 0.5) is 0 Å². The van der Waals surface area contributed by atoms with E-state index in [1.165, 1.54) is 5.70 Å². The highest BCUT2D eigenvalue weighted by Gasteiger charge is 2.00. The minimum Gasteiger partial charge on any atom is -0.478 e. The van der Waals surface area contributed by atoms with E-state index >= 15 is 0 Å². The van der Waals surface area contributed by atoms with Gasteiger partial charge in [0.15, 0.2) is 0 Å². The SMILES string of the molecule is C=CCCC/C=C(/C)N(C)CCC=C(C)C(=O)O. The lowest BCUT2D eigenvalue weighted by Crippen LogP contribution is -2.17. The molecule has 0 aromatic carbocycles. The molecule has 0 saturated heterocycles. The van der Waals surface area contributed by atoms with E-state index in [1.54, 1.807) is 13.0 Å². The van der Waals surface area contributed by atoms with Gasteiger partial charge in [-0.2, -0.15) is 0 Å². The topological polar surface area (TPSA) is 40.5 Å². The first-order chi connectivity index (χ1) is 8.49. The molecule has 1 N–H and O–H groups in total. The molecule has 18 heavy (non-hydrogen) atoms. The maximum absolute atomic E-state index is 10.6. The number of carbonyl (C=O) groups is 1. The predicted molar refractivity (Wildman–Crippen MR) is 76.4 cm³/mol. The first-order valence-corrected chi connectivity index (χ1v) is 6.38. The van der Waals surface area contributed by atoms with Crippen molar-refractivity contribution in [3.05, 3.63) is 36.1 Å². The summed E-state index contributed by atoms with van der Waals surface area (Å²) in [5, 5.41) is 8.72. The molecule has 0 aliphatic carbocycles. The van der Waals surface area contributed by atoms with Gasteiger partial charge in [-0.05, 0) is 39.5 Å². The molecular formula is C15H25NO2. The number of allylic oxidation sites excluding steroid dienone is 3. The smallest absolute Gasteiger partial charge is 0.330 e. The quantitative estimate of drug-likeness (QED) is 0.387. The van der Waals surface area contributed by atoms with E-state index in [0.717, 1.165) is 32.2 Å². The average Bonchev–Trinajstić information content (AvgIpc) is 2.33. The van der Waals surface area contributed by atoms with Crippen molar-refractivity contribution in [2.45, 2.75) is 39.5 Å². The third-order valence-electron chi connectivity index (χ3n) is 2.91. The third kappa shape index (κ3) is 7.71. The summed E-state index contributed by atoms with van der Waals surface area (Å²) in [6.07, 6.45) is 9.92. The fourth-order valence-corrected chi connectivity index (χ4v) is 1.47. The molecule has 0 radical (unpaired) electrons. The first-order valence-electron chi connectivity index (χ1n) is 6.38. The number of rotatable bonds is 9. The molecule has 0 heterocycles. The van der Waals surface area contributed by atoms with Gasteiger partial charge in [-0.1, -0.05) is 18.2 Å². The van der Waals surface area contributed by atoms with Crippen LogP contribution in [0, 0.1) is 0 Å². The van der Waals surface area contributed by atoms with Gasteiger partial charge in [0.2, 0.25) is 0 Å². The number of aliphatic carboxylic acids is 1. The van der Waals surface area contributed by atoms with Crippen LogP contribution < -0.4 is 0 Å². The molecular weight excluding hydrogens is 226 g/mol. The molecule has 0 rings (SSSR count). The molecule has 3 nitrogen and oxygen atoms in total. The van der Waals surface area contributed by atoms with Crippen LogP contribution in [0.1, 0.15) is 39.5 Å². The molecule has 0 aromatic heterocycles. The zero-order valence-corrected chi connectivity index (χ0v) is 11.8. The maximum atomic E-state index is 10.6. The van der Waals surface area contributed by atoms with Gasteiger partial charge in [0, 0.05) is 24.9 Å². The Kier molecular flexibility index (Phi) is 8.71. The molecule has 102 valence electrons. The summed E-state index contributed by atoms with van der Waals surface area (Å²) in [7, 11) is 2.03. The van der Waals surface area contributed by atoms with Crippen LogP contribution in [0.3, 0.4) is 0 Å². The van der Waals surface area contributed by atoms with Gasteiger partial charge in [-0.25, -0.2) is 4.79 Å². The molecule has 0 aliphatic rings. The van der Waals surface area contributed by atoms with E-state index in [9.17, 15) is 4.79 Å². The standard InChI is InChI=1S/C15H25NO2/c1-5-6-7-8-11-14(3)16(4)12-9-10-13(2)15(17)18/h5,10-11H,1,6-9,12H2,2-4H3,(H,17,18)/b13-10?,14-11-. The number of hydrogen-bond donors (Lipinski definition) is 1. The van der Waals surface area contributed by atoms with Crippen molar-refractivity contribution >= 4 is 5.97 Å². The fraction of sp³-hybridized carbons (Fsp3) is 0.533. The molecule has 0 aliphatic heterocycles. The average molecular weight is 251 g/mol. The van der Waals surface area contributed by atoms with Gasteiger partial charge >= 0.3 is 5.97 Å². The van der Waals surface area contributed by atoms with Crippen molar-refractivity contribution < 1.29 is 9.90 Å². The number of hydrogen-bond acceptors (Lipinski definition) is 2. The van der Waals surface area contributed by atoms with Gasteiger partial charge in [-0.15, -0.1) is 6.58 Å². The summed E-state index contributed by atoms with van der Waals surface area (Å²) in [5.74, 6) is -0.839. The molecule has 0 fully saturated rings. The van der Waals surface area contributed by atoms with Gasteiger partial charge in [0.05, 0.1) is 0 Å². The Balaban J connectivity index is 4.00. The molecule has 0 saturated carbocycles. The van der Waals surface area contributed by atoms with Crippen molar-refractivity contribution in [2.75, 3.05) is 13.6 Å². The van der Waals surface area contributed by atoms with E-state index in [2.05, 4.69) is 24.5 Å². The van der Waals surface area contributed by atoms with E-state index in [0.29, 0.717) is 5.57 Å². The summed E-state index contributed by atoms with van der Waals surface area (Å²) in [4.78, 5) is 12.8. The van der Waals surface area contributed by atoms with Crippen molar-refractivity contribution in [2.24, 2.45) is 0 Å². The Morgan fingerprint density at radius 1 is 1.22 bits per heavy atom. The van der Waals surface area contributed by atoms with Crippen LogP contribution in [0.2, 0.25) is 0 Å². The van der Waals surface area contributed by atoms with Crippen molar-refractivity contribution in [3.8, 4) is 0 Å². The second-order valence-corrected chi connectivity index (χ2v) is 4.47. The molecule has 0 spiro atoms. The largest absolute Gasteiger partial charge is 0.478 e. The van der Waals surface area contributed by atoms with Crippen molar-refractivity contribution in [1.29, 1.82) is 0 Å². The predicted octanol–water partition coefficient (Wildman–Crippen LogP) is 3.60. The summed E-state index contributed by atoms with van der Waals surface area (Å²) < 4.78 is 0. The lowest BCUT2D eigenvalue weighted by molar-refractivity contribution is -0.132. The van der Waals surface area contributed by atoms with Crippen LogP contribution in [0.15, 0.2) is 36.1 Å². The Bertz CT molecular complexity index is 329. The van der Waals surface area contributed by atoms with Gasteiger partial charge < -0.3 is 10.0 Å². The Labute approximate surface area is 110 Å². The summed E-state index contributed by atoms with van der Waals surface area (Å²) in [6, 6.07) is 0. The van der Waals surface area contributed by atoms with Crippen LogP contribution in [-0.4, -0.2) is 29.6 Å². The lowest BCUT2D eigenvalue weighted by atomic mass is 10.2. The molecule has 0 unspecified atom stereocenters. The highest BCUT2D eigenvalue weighted by molar-refractivity contribution is 5.85. The normalized spacial score (nSPS) is 12.4. The second kappa shape index (κ2) is 9.51. The molecule has 0 atom stereocenters. The zero-order chi connectivity index (χ0) is 14.0. The van der Waals surface area contributed by atoms with E-state index in [-0.39, 0.29) is 0 Å². The van der Waals surface area contributed by atoms with Gasteiger partial charge in [-0.3, -0.25) is 0 Å². The minimum absolute atomic E-state index is 0.413. The number of carboxylic acid groups (broad SMARTS) is 1. The minimum atomic E-state index is -0.839. The fourth-order valence-electron chi connectivity index (χ4n) is 1.47. The Morgan fingerprint density at radius 3 is 2.44 bits per heavy atom. The van der Waals surface area contributed by atoms with Crippen LogP contribution in [0.25, 0.3) is 0 Å². The molecule has 0 bridgehead atoms. The van der Waals surface area contributed by atoms with Crippen LogP contribution in [-0.2, 0) is 4.79 Å². The molecule has 0 amide bonds. The Morgan fingerprint density at radius 2 is 1.89 bits per heavy atom. The lowest BCUT2D eigenvalue weighted by Gasteiger charge is -2.19.